The third-order valence-electron chi connectivity index (χ3n) is 4.34. The van der Waals surface area contributed by atoms with Crippen molar-refractivity contribution in [2.75, 3.05) is 0 Å². The zero-order chi connectivity index (χ0) is 18.0. The third-order valence-corrected chi connectivity index (χ3v) is 4.34. The van der Waals surface area contributed by atoms with Crippen LogP contribution >= 0.6 is 0 Å². The summed E-state index contributed by atoms with van der Waals surface area (Å²) in [6.45, 7) is 6.54. The second-order valence-corrected chi connectivity index (χ2v) is 7.22. The van der Waals surface area contributed by atoms with Gasteiger partial charge in [-0.05, 0) is 28.7 Å². The molecule has 3 aromatic rings. The van der Waals surface area contributed by atoms with Crippen molar-refractivity contribution in [1.29, 1.82) is 0 Å². The predicted octanol–water partition coefficient (Wildman–Crippen LogP) is 4.24. The van der Waals surface area contributed by atoms with Gasteiger partial charge < -0.3 is 4.57 Å². The standard InChI is InChI=1S/C21H23N3O/c1-21(2,3)17-11-9-15(10-12-17)14-22-23-20(25)19-13-16-7-5-6-8-18(16)24(19)4/h5-14H,1-4H3,(H,23,25)/b22-14+. The van der Waals surface area contributed by atoms with Crippen LogP contribution < -0.4 is 5.43 Å². The zero-order valence-corrected chi connectivity index (χ0v) is 15.1. The lowest BCUT2D eigenvalue weighted by atomic mass is 9.87. The van der Waals surface area contributed by atoms with Crippen LogP contribution in [-0.4, -0.2) is 16.7 Å². The molecule has 1 aromatic heterocycles. The van der Waals surface area contributed by atoms with Crippen LogP contribution in [0.2, 0.25) is 0 Å². The fourth-order valence-corrected chi connectivity index (χ4v) is 2.80. The van der Waals surface area contributed by atoms with Gasteiger partial charge in [0, 0.05) is 18.0 Å². The van der Waals surface area contributed by atoms with Gasteiger partial charge in [-0.15, -0.1) is 0 Å². The van der Waals surface area contributed by atoms with E-state index in [1.54, 1.807) is 6.21 Å². The van der Waals surface area contributed by atoms with Crippen LogP contribution in [0.5, 0.6) is 0 Å². The number of carbonyl (C=O) groups is 1. The SMILES string of the molecule is Cn1c(C(=O)N/N=C/c2ccc(C(C)(C)C)cc2)cc2ccccc21. The molecule has 0 fully saturated rings. The Balaban J connectivity index is 1.71. The van der Waals surface area contributed by atoms with Crippen LogP contribution in [0.3, 0.4) is 0 Å². The van der Waals surface area contributed by atoms with Crippen molar-refractivity contribution in [2.24, 2.45) is 12.1 Å². The lowest BCUT2D eigenvalue weighted by molar-refractivity contribution is 0.0947. The molecule has 1 heterocycles. The van der Waals surface area contributed by atoms with E-state index in [0.717, 1.165) is 16.5 Å². The summed E-state index contributed by atoms with van der Waals surface area (Å²) < 4.78 is 1.87. The van der Waals surface area contributed by atoms with Crippen molar-refractivity contribution >= 4 is 23.0 Å². The van der Waals surface area contributed by atoms with Gasteiger partial charge in [-0.1, -0.05) is 63.2 Å². The minimum atomic E-state index is -0.221. The van der Waals surface area contributed by atoms with E-state index in [0.29, 0.717) is 5.69 Å². The number of fused-ring (bicyclic) bond motifs is 1. The van der Waals surface area contributed by atoms with E-state index in [9.17, 15) is 4.79 Å². The van der Waals surface area contributed by atoms with Crippen LogP contribution in [-0.2, 0) is 12.5 Å². The number of benzene rings is 2. The van der Waals surface area contributed by atoms with E-state index in [1.807, 2.05) is 54.1 Å². The molecular weight excluding hydrogens is 310 g/mol. The number of carbonyl (C=O) groups excluding carboxylic acids is 1. The summed E-state index contributed by atoms with van der Waals surface area (Å²) in [5.74, 6) is -0.221. The molecule has 0 aliphatic rings. The quantitative estimate of drug-likeness (QED) is 0.565. The number of aryl methyl sites for hydroxylation is 1. The van der Waals surface area contributed by atoms with Gasteiger partial charge in [0.2, 0.25) is 0 Å². The van der Waals surface area contributed by atoms with E-state index in [4.69, 9.17) is 0 Å². The van der Waals surface area contributed by atoms with Gasteiger partial charge in [0.05, 0.1) is 6.21 Å². The Hall–Kier alpha value is -2.88. The zero-order valence-electron chi connectivity index (χ0n) is 15.1. The first-order valence-corrected chi connectivity index (χ1v) is 8.35. The molecule has 0 spiro atoms. The number of hydrazone groups is 1. The van der Waals surface area contributed by atoms with Crippen LogP contribution in [0.1, 0.15) is 42.4 Å². The maximum absolute atomic E-state index is 12.4. The molecule has 3 rings (SSSR count). The van der Waals surface area contributed by atoms with Crippen LogP contribution in [0, 0.1) is 0 Å². The van der Waals surface area contributed by atoms with Gasteiger partial charge >= 0.3 is 0 Å². The Morgan fingerprint density at radius 2 is 1.76 bits per heavy atom. The van der Waals surface area contributed by atoms with E-state index in [1.165, 1.54) is 5.56 Å². The molecule has 0 saturated carbocycles. The molecule has 0 saturated heterocycles. The van der Waals surface area contributed by atoms with Gasteiger partial charge in [-0.25, -0.2) is 5.43 Å². The topological polar surface area (TPSA) is 46.4 Å². The van der Waals surface area contributed by atoms with Crippen LogP contribution in [0.4, 0.5) is 0 Å². The van der Waals surface area contributed by atoms with Crippen molar-refractivity contribution in [2.45, 2.75) is 26.2 Å². The second-order valence-electron chi connectivity index (χ2n) is 7.22. The smallest absolute Gasteiger partial charge is 0.287 e. The Morgan fingerprint density at radius 1 is 1.08 bits per heavy atom. The fraction of sp³-hybridized carbons (Fsp3) is 0.238. The molecule has 25 heavy (non-hydrogen) atoms. The van der Waals surface area contributed by atoms with E-state index >= 15 is 0 Å². The largest absolute Gasteiger partial charge is 0.340 e. The molecule has 0 unspecified atom stereocenters. The summed E-state index contributed by atoms with van der Waals surface area (Å²) in [7, 11) is 1.88. The molecule has 0 aliphatic heterocycles. The highest BCUT2D eigenvalue weighted by Crippen LogP contribution is 2.22. The fourth-order valence-electron chi connectivity index (χ4n) is 2.80. The van der Waals surface area contributed by atoms with Gasteiger partial charge in [0.25, 0.3) is 5.91 Å². The average Bonchev–Trinajstić information content (AvgIpc) is 2.92. The normalized spacial score (nSPS) is 12.0. The Bertz CT molecular complexity index is 928. The number of hydrogen-bond acceptors (Lipinski definition) is 2. The lowest BCUT2D eigenvalue weighted by Crippen LogP contribution is -2.20. The minimum Gasteiger partial charge on any atom is -0.340 e. The van der Waals surface area contributed by atoms with Gasteiger partial charge in [-0.3, -0.25) is 4.79 Å². The molecule has 128 valence electrons. The molecule has 4 nitrogen and oxygen atoms in total. The molecule has 0 aliphatic carbocycles. The van der Waals surface area contributed by atoms with Gasteiger partial charge in [0.1, 0.15) is 5.69 Å². The predicted molar refractivity (Wildman–Crippen MR) is 103 cm³/mol. The minimum absolute atomic E-state index is 0.123. The van der Waals surface area contributed by atoms with Crippen molar-refractivity contribution in [3.8, 4) is 0 Å². The summed E-state index contributed by atoms with van der Waals surface area (Å²) in [4.78, 5) is 12.4. The number of nitrogens with one attached hydrogen (secondary N) is 1. The number of para-hydroxylation sites is 1. The van der Waals surface area contributed by atoms with Gasteiger partial charge in [0.15, 0.2) is 0 Å². The maximum atomic E-state index is 12.4. The molecule has 4 heteroatoms. The highest BCUT2D eigenvalue weighted by molar-refractivity contribution is 5.99. The molecular formula is C21H23N3O. The number of hydrogen-bond donors (Lipinski definition) is 1. The molecule has 0 atom stereocenters. The second kappa shape index (κ2) is 6.55. The summed E-state index contributed by atoms with van der Waals surface area (Å²) in [5.41, 5.74) is 6.55. The molecule has 2 aromatic carbocycles. The Kier molecular flexibility index (Phi) is 4.45. The molecule has 0 bridgehead atoms. The molecule has 0 radical (unpaired) electrons. The van der Waals surface area contributed by atoms with E-state index in [-0.39, 0.29) is 11.3 Å². The first-order chi connectivity index (χ1) is 11.9. The third kappa shape index (κ3) is 3.63. The molecule has 1 amide bonds. The summed E-state index contributed by atoms with van der Waals surface area (Å²) in [5, 5.41) is 5.12. The number of nitrogens with zero attached hydrogens (tertiary/aromatic N) is 2. The Labute approximate surface area is 148 Å². The Morgan fingerprint density at radius 3 is 2.40 bits per heavy atom. The van der Waals surface area contributed by atoms with E-state index in [2.05, 4.69) is 43.4 Å². The lowest BCUT2D eigenvalue weighted by Gasteiger charge is -2.18. The van der Waals surface area contributed by atoms with E-state index < -0.39 is 0 Å². The van der Waals surface area contributed by atoms with Crippen LogP contribution in [0.25, 0.3) is 10.9 Å². The van der Waals surface area contributed by atoms with Crippen molar-refractivity contribution in [3.05, 3.63) is 71.4 Å². The van der Waals surface area contributed by atoms with Crippen molar-refractivity contribution in [3.63, 3.8) is 0 Å². The number of amides is 1. The summed E-state index contributed by atoms with van der Waals surface area (Å²) >= 11 is 0. The average molecular weight is 333 g/mol. The summed E-state index contributed by atoms with van der Waals surface area (Å²) in [6.07, 6.45) is 1.66. The van der Waals surface area contributed by atoms with Crippen LogP contribution in [0.15, 0.2) is 59.7 Å². The number of aromatic nitrogens is 1. The molecule has 1 N–H and O–H groups in total. The number of rotatable bonds is 3. The van der Waals surface area contributed by atoms with Crippen molar-refractivity contribution < 1.29 is 4.79 Å². The van der Waals surface area contributed by atoms with Gasteiger partial charge in [-0.2, -0.15) is 5.10 Å². The maximum Gasteiger partial charge on any atom is 0.287 e. The highest BCUT2D eigenvalue weighted by Gasteiger charge is 2.13. The monoisotopic (exact) mass is 333 g/mol. The highest BCUT2D eigenvalue weighted by atomic mass is 16.2. The first kappa shape index (κ1) is 17.0. The van der Waals surface area contributed by atoms with Crippen molar-refractivity contribution in [1.82, 2.24) is 9.99 Å². The summed E-state index contributed by atoms with van der Waals surface area (Å²) in [6, 6.07) is 18.0. The first-order valence-electron chi connectivity index (χ1n) is 8.35.